The van der Waals surface area contributed by atoms with E-state index in [0.29, 0.717) is 6.04 Å². The number of nitrogens with zero attached hydrogens (tertiary/aromatic N) is 3. The van der Waals surface area contributed by atoms with Crippen LogP contribution in [-0.4, -0.2) is 53.6 Å². The summed E-state index contributed by atoms with van der Waals surface area (Å²) in [5, 5.41) is 0. The largest absolute Gasteiger partial charge is 0.591 e. The van der Waals surface area contributed by atoms with Crippen molar-refractivity contribution in [2.45, 2.75) is 44.4 Å². The molecule has 1 heterocycles. The quantitative estimate of drug-likeness (QED) is 0.555. The Balaban J connectivity index is 2.08. The van der Waals surface area contributed by atoms with Gasteiger partial charge in [0.15, 0.2) is 0 Å². The van der Waals surface area contributed by atoms with Gasteiger partial charge in [-0.3, -0.25) is 0 Å². The normalized spacial score (nSPS) is 19.0. The van der Waals surface area contributed by atoms with E-state index in [4.69, 9.17) is 0 Å². The van der Waals surface area contributed by atoms with Crippen LogP contribution in [0.3, 0.4) is 0 Å². The van der Waals surface area contributed by atoms with Crippen LogP contribution in [0, 0.1) is 0 Å². The fraction of sp³-hybridized carbons (Fsp3) is 0.611. The monoisotopic (exact) mass is 413 g/mol. The molecule has 0 amide bonds. The minimum atomic E-state index is -1.23. The molecular weight excluding hydrogens is 386 g/mol. The van der Waals surface area contributed by atoms with Crippen molar-refractivity contribution in [3.05, 3.63) is 28.2 Å². The van der Waals surface area contributed by atoms with Crippen LogP contribution in [-0.2, 0) is 11.4 Å². The fourth-order valence-electron chi connectivity index (χ4n) is 2.70. The van der Waals surface area contributed by atoms with Crippen LogP contribution in [0.25, 0.3) is 0 Å². The van der Waals surface area contributed by atoms with Gasteiger partial charge in [0.1, 0.15) is 16.1 Å². The number of halogens is 1. The van der Waals surface area contributed by atoms with E-state index in [1.807, 2.05) is 26.8 Å². The smallest absolute Gasteiger partial charge is 0.144 e. The molecule has 1 fully saturated rings. The average molecular weight is 414 g/mol. The Bertz CT molecular complexity index is 580. The van der Waals surface area contributed by atoms with E-state index in [-0.39, 0.29) is 4.75 Å². The second kappa shape index (κ2) is 8.21. The third-order valence-electron chi connectivity index (χ3n) is 4.44. The summed E-state index contributed by atoms with van der Waals surface area (Å²) in [7, 11) is 4.35. The zero-order chi connectivity index (χ0) is 17.9. The minimum absolute atomic E-state index is 0.336. The maximum absolute atomic E-state index is 12.0. The van der Waals surface area contributed by atoms with E-state index >= 15 is 0 Å². The standard InChI is InChI=1S/C18H28BrN3OS/c1-18(2,3)24(23)20-13-14-6-7-16(12-17(14)19)22(5)15-8-10-21(4)11-9-15/h6-7,12-13,15H,8-11H2,1-5H3. The van der Waals surface area contributed by atoms with Gasteiger partial charge in [0.2, 0.25) is 0 Å². The third-order valence-corrected chi connectivity index (χ3v) is 6.47. The van der Waals surface area contributed by atoms with Gasteiger partial charge in [-0.15, -0.1) is 0 Å². The molecule has 0 spiro atoms. The zero-order valence-electron chi connectivity index (χ0n) is 15.3. The summed E-state index contributed by atoms with van der Waals surface area (Å²) in [4.78, 5) is 4.75. The molecule has 0 saturated carbocycles. The van der Waals surface area contributed by atoms with Crippen LogP contribution in [0.1, 0.15) is 39.2 Å². The van der Waals surface area contributed by atoms with Crippen molar-refractivity contribution in [2.75, 3.05) is 32.1 Å². The highest BCUT2D eigenvalue weighted by Gasteiger charge is 2.26. The molecule has 1 aliphatic rings. The van der Waals surface area contributed by atoms with Crippen molar-refractivity contribution in [3.8, 4) is 0 Å². The Morgan fingerprint density at radius 2 is 1.96 bits per heavy atom. The van der Waals surface area contributed by atoms with Crippen molar-refractivity contribution in [1.82, 2.24) is 4.90 Å². The van der Waals surface area contributed by atoms with E-state index in [2.05, 4.69) is 56.4 Å². The van der Waals surface area contributed by atoms with Gasteiger partial charge in [-0.1, -0.05) is 26.4 Å². The van der Waals surface area contributed by atoms with Gasteiger partial charge in [-0.2, -0.15) is 0 Å². The van der Waals surface area contributed by atoms with Gasteiger partial charge in [0, 0.05) is 28.8 Å². The lowest BCUT2D eigenvalue weighted by molar-refractivity contribution is 0.253. The number of likely N-dealkylation sites (tertiary alicyclic amines) is 1. The third kappa shape index (κ3) is 5.22. The predicted molar refractivity (Wildman–Crippen MR) is 109 cm³/mol. The molecule has 1 saturated heterocycles. The molecule has 0 N–H and O–H groups in total. The molecule has 4 nitrogen and oxygen atoms in total. The number of hydrogen-bond acceptors (Lipinski definition) is 4. The van der Waals surface area contributed by atoms with Crippen LogP contribution in [0.5, 0.6) is 0 Å². The number of rotatable bonds is 4. The highest BCUT2D eigenvalue weighted by molar-refractivity contribution is 9.10. The van der Waals surface area contributed by atoms with Crippen LogP contribution < -0.4 is 4.90 Å². The molecular formula is C18H28BrN3OS. The predicted octanol–water partition coefficient (Wildman–Crippen LogP) is 3.86. The Morgan fingerprint density at radius 1 is 1.33 bits per heavy atom. The molecule has 1 aromatic carbocycles. The Morgan fingerprint density at radius 3 is 2.50 bits per heavy atom. The van der Waals surface area contributed by atoms with Gasteiger partial charge in [-0.05, 0) is 65.9 Å². The number of hydrogen-bond donors (Lipinski definition) is 0. The summed E-state index contributed by atoms with van der Waals surface area (Å²) < 4.78 is 16.9. The lowest BCUT2D eigenvalue weighted by atomic mass is 10.0. The van der Waals surface area contributed by atoms with Crippen molar-refractivity contribution < 1.29 is 4.55 Å². The molecule has 134 valence electrons. The van der Waals surface area contributed by atoms with E-state index in [0.717, 1.165) is 23.1 Å². The average Bonchev–Trinajstić information content (AvgIpc) is 2.52. The molecule has 1 unspecified atom stereocenters. The second-order valence-corrected chi connectivity index (χ2v) is 10.2. The second-order valence-electron chi connectivity index (χ2n) is 7.45. The first kappa shape index (κ1) is 19.8. The van der Waals surface area contributed by atoms with E-state index < -0.39 is 11.4 Å². The maximum Gasteiger partial charge on any atom is 0.144 e. The topological polar surface area (TPSA) is 41.9 Å². The van der Waals surface area contributed by atoms with Crippen molar-refractivity contribution in [1.29, 1.82) is 0 Å². The molecule has 0 radical (unpaired) electrons. The lowest BCUT2D eigenvalue weighted by Gasteiger charge is -2.36. The van der Waals surface area contributed by atoms with Crippen molar-refractivity contribution in [3.63, 3.8) is 0 Å². The molecule has 1 atom stereocenters. The molecule has 0 bridgehead atoms. The van der Waals surface area contributed by atoms with Gasteiger partial charge in [-0.25, -0.2) is 0 Å². The van der Waals surface area contributed by atoms with Gasteiger partial charge >= 0.3 is 0 Å². The summed E-state index contributed by atoms with van der Waals surface area (Å²) in [5.41, 5.74) is 2.15. The first-order chi connectivity index (χ1) is 11.2. The SMILES string of the molecule is CN1CCC(N(C)c2ccc(C=N[S+]([O-])C(C)(C)C)c(Br)c2)CC1. The maximum atomic E-state index is 12.0. The molecule has 24 heavy (non-hydrogen) atoms. The molecule has 2 rings (SSSR count). The Hall–Kier alpha value is -0.560. The molecule has 1 aliphatic heterocycles. The first-order valence-corrected chi connectivity index (χ1v) is 10.3. The molecule has 0 aromatic heterocycles. The van der Waals surface area contributed by atoms with E-state index in [1.165, 1.54) is 18.5 Å². The van der Waals surface area contributed by atoms with Crippen LogP contribution in [0.15, 0.2) is 27.1 Å². The van der Waals surface area contributed by atoms with Crippen molar-refractivity contribution >= 4 is 39.2 Å². The summed E-state index contributed by atoms with van der Waals surface area (Å²) in [6.07, 6.45) is 4.08. The van der Waals surface area contributed by atoms with E-state index in [9.17, 15) is 4.55 Å². The highest BCUT2D eigenvalue weighted by Crippen LogP contribution is 2.27. The van der Waals surface area contributed by atoms with Crippen LogP contribution in [0.4, 0.5) is 5.69 Å². The van der Waals surface area contributed by atoms with Gasteiger partial charge < -0.3 is 14.4 Å². The number of anilines is 1. The van der Waals surface area contributed by atoms with Crippen LogP contribution >= 0.6 is 15.9 Å². The lowest BCUT2D eigenvalue weighted by Crippen LogP contribution is -2.42. The summed E-state index contributed by atoms with van der Waals surface area (Å²) in [5.74, 6) is 0. The summed E-state index contributed by atoms with van der Waals surface area (Å²) in [6.45, 7) is 8.08. The molecule has 1 aromatic rings. The van der Waals surface area contributed by atoms with Crippen LogP contribution in [0.2, 0.25) is 0 Å². The minimum Gasteiger partial charge on any atom is -0.591 e. The Labute approximate surface area is 157 Å². The fourth-order valence-corrected chi connectivity index (χ4v) is 3.69. The highest BCUT2D eigenvalue weighted by atomic mass is 79.9. The number of piperidine rings is 1. The summed E-state index contributed by atoms with van der Waals surface area (Å²) in [6, 6.07) is 6.86. The molecule has 6 heteroatoms. The zero-order valence-corrected chi connectivity index (χ0v) is 17.7. The number of benzene rings is 1. The van der Waals surface area contributed by atoms with Crippen molar-refractivity contribution in [2.24, 2.45) is 4.40 Å². The molecule has 0 aliphatic carbocycles. The summed E-state index contributed by atoms with van der Waals surface area (Å²) >= 11 is 2.39. The van der Waals surface area contributed by atoms with E-state index in [1.54, 1.807) is 6.21 Å². The van der Waals surface area contributed by atoms with Gasteiger partial charge in [0.25, 0.3) is 0 Å². The van der Waals surface area contributed by atoms with Gasteiger partial charge in [0.05, 0.1) is 6.21 Å². The Kier molecular flexibility index (Phi) is 6.76. The first-order valence-electron chi connectivity index (χ1n) is 8.35.